The molecule has 0 unspecified atom stereocenters. The number of aromatic amines is 1. The van der Waals surface area contributed by atoms with E-state index in [0.717, 1.165) is 0 Å². The number of nitrogens with zero attached hydrogens (tertiary/aromatic N) is 3. The Labute approximate surface area is 178 Å². The molecule has 0 aliphatic rings. The summed E-state index contributed by atoms with van der Waals surface area (Å²) in [5.74, 6) is 0.211. The zero-order valence-corrected chi connectivity index (χ0v) is 16.7. The lowest BCUT2D eigenvalue weighted by Crippen LogP contribution is -2.18. The average Bonchev–Trinajstić information content (AvgIpc) is 3.13. The molecule has 0 atom stereocenters. The van der Waals surface area contributed by atoms with Crippen LogP contribution < -0.4 is 15.0 Å². The largest absolute Gasteiger partial charge is 0.573 e. The van der Waals surface area contributed by atoms with E-state index >= 15 is 0 Å². The summed E-state index contributed by atoms with van der Waals surface area (Å²) in [4.78, 5) is 19.6. The number of fused-ring (bicyclic) bond motifs is 1. The highest BCUT2D eigenvalue weighted by atomic mass is 35.5. The smallest absolute Gasteiger partial charge is 0.494 e. The van der Waals surface area contributed by atoms with Crippen molar-refractivity contribution in [2.24, 2.45) is 0 Å². The molecule has 7 nitrogen and oxygen atoms in total. The van der Waals surface area contributed by atoms with E-state index in [1.165, 1.54) is 36.2 Å². The number of ether oxygens (including phenoxy) is 2. The standard InChI is InChI=1S/C20H14ClF3N4O3/c1-30-16-7-6-12(21)9-14(16)28-18-13(10-25-28)19(29)27-17(26-18)8-11-4-2-3-5-15(11)31-20(22,23)24/h2-7,9-10H,8H2,1H3,(H,26,27,29). The normalized spacial score (nSPS) is 11.6. The lowest BCUT2D eigenvalue weighted by atomic mass is 10.1. The van der Waals surface area contributed by atoms with Gasteiger partial charge in [-0.15, -0.1) is 13.2 Å². The third kappa shape index (κ3) is 4.33. The first kappa shape index (κ1) is 20.7. The molecule has 2 heterocycles. The molecule has 31 heavy (non-hydrogen) atoms. The fraction of sp³-hybridized carbons (Fsp3) is 0.150. The maximum Gasteiger partial charge on any atom is 0.573 e. The van der Waals surface area contributed by atoms with E-state index in [2.05, 4.69) is 19.8 Å². The second kappa shape index (κ2) is 7.95. The third-order valence-electron chi connectivity index (χ3n) is 4.41. The van der Waals surface area contributed by atoms with Crippen molar-refractivity contribution in [2.45, 2.75) is 12.8 Å². The number of halogens is 4. The maximum absolute atomic E-state index is 12.7. The highest BCUT2D eigenvalue weighted by Gasteiger charge is 2.32. The van der Waals surface area contributed by atoms with Crippen LogP contribution in [0.5, 0.6) is 11.5 Å². The molecule has 4 aromatic rings. The van der Waals surface area contributed by atoms with E-state index in [1.807, 2.05) is 0 Å². The Morgan fingerprint density at radius 2 is 1.94 bits per heavy atom. The maximum atomic E-state index is 12.7. The van der Waals surface area contributed by atoms with E-state index in [9.17, 15) is 18.0 Å². The Hall–Kier alpha value is -3.53. The van der Waals surface area contributed by atoms with Gasteiger partial charge in [0, 0.05) is 17.0 Å². The SMILES string of the molecule is COc1ccc(Cl)cc1-n1ncc2c(=O)[nH]c(Cc3ccccc3OC(F)(F)F)nc21. The lowest BCUT2D eigenvalue weighted by Gasteiger charge is -2.13. The molecule has 0 saturated carbocycles. The summed E-state index contributed by atoms with van der Waals surface area (Å²) in [6.45, 7) is 0. The first-order chi connectivity index (χ1) is 14.7. The van der Waals surface area contributed by atoms with Crippen molar-refractivity contribution in [1.82, 2.24) is 19.7 Å². The van der Waals surface area contributed by atoms with Crippen molar-refractivity contribution in [3.05, 3.63) is 75.4 Å². The zero-order valence-electron chi connectivity index (χ0n) is 15.9. The van der Waals surface area contributed by atoms with E-state index < -0.39 is 11.9 Å². The Morgan fingerprint density at radius 3 is 2.68 bits per heavy atom. The van der Waals surface area contributed by atoms with Crippen molar-refractivity contribution < 1.29 is 22.6 Å². The Balaban J connectivity index is 1.80. The number of aromatic nitrogens is 4. The second-order valence-electron chi connectivity index (χ2n) is 6.45. The van der Waals surface area contributed by atoms with Gasteiger partial charge in [0.25, 0.3) is 5.56 Å². The van der Waals surface area contributed by atoms with E-state index in [1.54, 1.807) is 24.3 Å². The first-order valence-electron chi connectivity index (χ1n) is 8.89. The number of hydrogen-bond donors (Lipinski definition) is 1. The predicted molar refractivity (Wildman–Crippen MR) is 107 cm³/mol. The Morgan fingerprint density at radius 1 is 1.16 bits per heavy atom. The number of rotatable bonds is 5. The van der Waals surface area contributed by atoms with Crippen molar-refractivity contribution in [3.63, 3.8) is 0 Å². The molecular formula is C20H14ClF3N4O3. The molecule has 0 bridgehead atoms. The number of para-hydroxylation sites is 1. The summed E-state index contributed by atoms with van der Waals surface area (Å²) >= 11 is 6.09. The van der Waals surface area contributed by atoms with E-state index in [4.69, 9.17) is 16.3 Å². The molecule has 1 N–H and O–H groups in total. The summed E-state index contributed by atoms with van der Waals surface area (Å²) < 4.78 is 48.9. The Bertz CT molecular complexity index is 1320. The van der Waals surface area contributed by atoms with Gasteiger partial charge in [0.2, 0.25) is 0 Å². The van der Waals surface area contributed by atoms with Gasteiger partial charge >= 0.3 is 6.36 Å². The Kier molecular flexibility index (Phi) is 5.32. The van der Waals surface area contributed by atoms with Crippen LogP contribution in [0.15, 0.2) is 53.5 Å². The van der Waals surface area contributed by atoms with E-state index in [-0.39, 0.29) is 34.6 Å². The second-order valence-corrected chi connectivity index (χ2v) is 6.89. The monoisotopic (exact) mass is 450 g/mol. The molecule has 0 fully saturated rings. The summed E-state index contributed by atoms with van der Waals surface area (Å²) in [6.07, 6.45) is -3.61. The number of nitrogens with one attached hydrogen (secondary N) is 1. The molecule has 0 aliphatic carbocycles. The van der Waals surface area contributed by atoms with Crippen molar-refractivity contribution in [2.75, 3.05) is 7.11 Å². The van der Waals surface area contributed by atoms with Crippen LogP contribution in [0, 0.1) is 0 Å². The molecule has 2 aromatic carbocycles. The van der Waals surface area contributed by atoms with Gasteiger partial charge in [0.05, 0.1) is 13.3 Å². The molecule has 4 rings (SSSR count). The van der Waals surface area contributed by atoms with Crippen molar-refractivity contribution >= 4 is 22.6 Å². The molecule has 0 amide bonds. The number of alkyl halides is 3. The van der Waals surface area contributed by atoms with Crippen LogP contribution in [0.4, 0.5) is 13.2 Å². The van der Waals surface area contributed by atoms with Gasteiger partial charge in [-0.05, 0) is 24.3 Å². The minimum absolute atomic E-state index is 0.102. The molecule has 0 aliphatic heterocycles. The fourth-order valence-corrected chi connectivity index (χ4v) is 3.27. The topological polar surface area (TPSA) is 82.0 Å². The highest BCUT2D eigenvalue weighted by Crippen LogP contribution is 2.29. The molecule has 0 spiro atoms. The van der Waals surface area contributed by atoms with Gasteiger partial charge in [-0.1, -0.05) is 29.8 Å². The highest BCUT2D eigenvalue weighted by molar-refractivity contribution is 6.30. The first-order valence-corrected chi connectivity index (χ1v) is 9.27. The van der Waals surface area contributed by atoms with Gasteiger partial charge in [0.1, 0.15) is 28.4 Å². The van der Waals surface area contributed by atoms with Gasteiger partial charge in [0.15, 0.2) is 5.65 Å². The minimum atomic E-state index is -4.84. The van der Waals surface area contributed by atoms with Crippen molar-refractivity contribution in [3.8, 4) is 17.2 Å². The molecule has 2 aromatic heterocycles. The predicted octanol–water partition coefficient (Wildman–Crippen LogP) is 4.26. The number of H-pyrrole nitrogens is 1. The van der Waals surface area contributed by atoms with Gasteiger partial charge in [-0.2, -0.15) is 5.10 Å². The lowest BCUT2D eigenvalue weighted by molar-refractivity contribution is -0.274. The summed E-state index contributed by atoms with van der Waals surface area (Å²) in [5, 5.41) is 4.83. The molecule has 160 valence electrons. The third-order valence-corrected chi connectivity index (χ3v) is 4.65. The van der Waals surface area contributed by atoms with Crippen LogP contribution in [0.3, 0.4) is 0 Å². The van der Waals surface area contributed by atoms with Gasteiger partial charge < -0.3 is 14.5 Å². The van der Waals surface area contributed by atoms with Crippen LogP contribution in [-0.4, -0.2) is 33.2 Å². The number of hydrogen-bond acceptors (Lipinski definition) is 5. The average molecular weight is 451 g/mol. The van der Waals surface area contributed by atoms with Crippen LogP contribution in [0.25, 0.3) is 16.7 Å². The zero-order chi connectivity index (χ0) is 22.2. The number of benzene rings is 2. The van der Waals surface area contributed by atoms with Crippen LogP contribution in [0.2, 0.25) is 5.02 Å². The van der Waals surface area contributed by atoms with Gasteiger partial charge in [-0.3, -0.25) is 4.79 Å². The quantitative estimate of drug-likeness (QED) is 0.491. The molecule has 0 saturated heterocycles. The fourth-order valence-electron chi connectivity index (χ4n) is 3.11. The van der Waals surface area contributed by atoms with Gasteiger partial charge in [-0.25, -0.2) is 9.67 Å². The molecule has 0 radical (unpaired) electrons. The van der Waals surface area contributed by atoms with Crippen LogP contribution >= 0.6 is 11.6 Å². The minimum Gasteiger partial charge on any atom is -0.494 e. The van der Waals surface area contributed by atoms with E-state index in [0.29, 0.717) is 16.5 Å². The summed E-state index contributed by atoms with van der Waals surface area (Å²) in [5.41, 5.74) is 0.374. The van der Waals surface area contributed by atoms with Crippen LogP contribution in [0.1, 0.15) is 11.4 Å². The molecule has 11 heteroatoms. The summed E-state index contributed by atoms with van der Waals surface area (Å²) in [7, 11) is 1.47. The van der Waals surface area contributed by atoms with Crippen molar-refractivity contribution in [1.29, 1.82) is 0 Å². The number of methoxy groups -OCH3 is 1. The molecular weight excluding hydrogens is 437 g/mol. The summed E-state index contributed by atoms with van der Waals surface area (Å²) in [6, 6.07) is 10.5. The van der Waals surface area contributed by atoms with Crippen LogP contribution in [-0.2, 0) is 6.42 Å².